The number of thiophene rings is 1. The lowest BCUT2D eigenvalue weighted by molar-refractivity contribution is 0.0745. The standard InChI is InChI=1S/C16H19NO3S2/c1-12(15-5-4-10-21-15)17(2)16(18)14-8-6-13(7-9-14)11-22(3,19)20/h4-10,12H,11H2,1-3H3/t12-/m1/s1. The molecule has 22 heavy (non-hydrogen) atoms. The molecule has 0 N–H and O–H groups in total. The minimum absolute atomic E-state index is 0.00296. The van der Waals surface area contributed by atoms with Gasteiger partial charge in [-0.05, 0) is 36.1 Å². The summed E-state index contributed by atoms with van der Waals surface area (Å²) in [6, 6.07) is 10.7. The fourth-order valence-corrected chi connectivity index (χ4v) is 3.77. The van der Waals surface area contributed by atoms with Crippen LogP contribution in [0.25, 0.3) is 0 Å². The maximum Gasteiger partial charge on any atom is 0.254 e. The van der Waals surface area contributed by atoms with Crippen molar-refractivity contribution in [1.29, 1.82) is 0 Å². The highest BCUT2D eigenvalue weighted by molar-refractivity contribution is 7.89. The number of benzene rings is 1. The monoisotopic (exact) mass is 337 g/mol. The summed E-state index contributed by atoms with van der Waals surface area (Å²) in [5.74, 6) is -0.0880. The molecule has 0 saturated heterocycles. The highest BCUT2D eigenvalue weighted by Crippen LogP contribution is 2.24. The van der Waals surface area contributed by atoms with Crippen LogP contribution in [0.1, 0.15) is 33.8 Å². The molecule has 0 fully saturated rings. The van der Waals surface area contributed by atoms with Crippen LogP contribution in [0, 0.1) is 0 Å². The third kappa shape index (κ3) is 4.18. The normalized spacial score (nSPS) is 12.9. The first-order valence-corrected chi connectivity index (χ1v) is 9.79. The van der Waals surface area contributed by atoms with E-state index < -0.39 is 9.84 Å². The van der Waals surface area contributed by atoms with E-state index >= 15 is 0 Å². The van der Waals surface area contributed by atoms with Crippen molar-refractivity contribution >= 4 is 27.1 Å². The molecule has 0 radical (unpaired) electrons. The van der Waals surface area contributed by atoms with E-state index in [0.717, 1.165) is 4.88 Å². The highest BCUT2D eigenvalue weighted by Gasteiger charge is 2.19. The number of amides is 1. The molecule has 1 aromatic heterocycles. The van der Waals surface area contributed by atoms with Crippen LogP contribution < -0.4 is 0 Å². The van der Waals surface area contributed by atoms with Crippen molar-refractivity contribution < 1.29 is 13.2 Å². The third-order valence-electron chi connectivity index (χ3n) is 3.49. The number of rotatable bonds is 5. The second-order valence-corrected chi connectivity index (χ2v) is 8.49. The van der Waals surface area contributed by atoms with Gasteiger partial charge in [-0.25, -0.2) is 8.42 Å². The van der Waals surface area contributed by atoms with Crippen molar-refractivity contribution in [2.75, 3.05) is 13.3 Å². The second-order valence-electron chi connectivity index (χ2n) is 5.37. The Kier molecular flexibility index (Phi) is 5.03. The van der Waals surface area contributed by atoms with Gasteiger partial charge in [0.05, 0.1) is 11.8 Å². The molecule has 0 saturated carbocycles. The zero-order chi connectivity index (χ0) is 16.3. The molecule has 2 rings (SSSR count). The molecule has 6 heteroatoms. The van der Waals surface area contributed by atoms with Crippen LogP contribution in [0.15, 0.2) is 41.8 Å². The maximum atomic E-state index is 12.5. The molecule has 0 bridgehead atoms. The van der Waals surface area contributed by atoms with Gasteiger partial charge >= 0.3 is 0 Å². The van der Waals surface area contributed by atoms with Crippen molar-refractivity contribution in [2.24, 2.45) is 0 Å². The minimum atomic E-state index is -3.06. The molecule has 0 spiro atoms. The molecule has 0 aliphatic heterocycles. The van der Waals surface area contributed by atoms with Gasteiger partial charge in [-0.3, -0.25) is 4.79 Å². The summed E-state index contributed by atoms with van der Waals surface area (Å²) in [5.41, 5.74) is 1.25. The van der Waals surface area contributed by atoms with E-state index in [2.05, 4.69) is 0 Å². The van der Waals surface area contributed by atoms with Crippen molar-refractivity contribution in [2.45, 2.75) is 18.7 Å². The zero-order valence-electron chi connectivity index (χ0n) is 12.8. The average Bonchev–Trinajstić information content (AvgIpc) is 2.98. The SMILES string of the molecule is C[C@H](c1cccs1)N(C)C(=O)c1ccc(CS(C)(=O)=O)cc1. The van der Waals surface area contributed by atoms with E-state index in [0.29, 0.717) is 11.1 Å². The Labute approximate surface area is 135 Å². The summed E-state index contributed by atoms with van der Waals surface area (Å²) in [4.78, 5) is 15.3. The molecule has 0 unspecified atom stereocenters. The van der Waals surface area contributed by atoms with Crippen molar-refractivity contribution in [1.82, 2.24) is 4.90 Å². The molecule has 2 aromatic rings. The van der Waals surface area contributed by atoms with E-state index in [9.17, 15) is 13.2 Å². The predicted octanol–water partition coefficient (Wildman–Crippen LogP) is 3.13. The molecule has 118 valence electrons. The van der Waals surface area contributed by atoms with Gasteiger partial charge in [-0.15, -0.1) is 11.3 Å². The largest absolute Gasteiger partial charge is 0.334 e. The molecule has 1 amide bonds. The maximum absolute atomic E-state index is 12.5. The van der Waals surface area contributed by atoms with Crippen molar-refractivity contribution in [3.05, 3.63) is 57.8 Å². The summed E-state index contributed by atoms with van der Waals surface area (Å²) in [7, 11) is -1.29. The van der Waals surface area contributed by atoms with Crippen LogP contribution in [0.2, 0.25) is 0 Å². The lowest BCUT2D eigenvalue weighted by atomic mass is 10.1. The summed E-state index contributed by atoms with van der Waals surface area (Å²) < 4.78 is 22.5. The fraction of sp³-hybridized carbons (Fsp3) is 0.312. The van der Waals surface area contributed by atoms with Crippen LogP contribution >= 0.6 is 11.3 Å². The quantitative estimate of drug-likeness (QED) is 0.842. The zero-order valence-corrected chi connectivity index (χ0v) is 14.4. The van der Waals surface area contributed by atoms with Gasteiger partial charge in [0.1, 0.15) is 0 Å². The fourth-order valence-electron chi connectivity index (χ4n) is 2.15. The van der Waals surface area contributed by atoms with Gasteiger partial charge in [0.2, 0.25) is 0 Å². The van der Waals surface area contributed by atoms with Crippen LogP contribution in [0.5, 0.6) is 0 Å². The highest BCUT2D eigenvalue weighted by atomic mass is 32.2. The van der Waals surface area contributed by atoms with Gasteiger partial charge in [0, 0.05) is 23.7 Å². The minimum Gasteiger partial charge on any atom is -0.334 e. The van der Waals surface area contributed by atoms with Crippen LogP contribution in [0.3, 0.4) is 0 Å². The lowest BCUT2D eigenvalue weighted by Gasteiger charge is -2.24. The van der Waals surface area contributed by atoms with Gasteiger partial charge in [-0.1, -0.05) is 18.2 Å². The second kappa shape index (κ2) is 6.62. The van der Waals surface area contributed by atoms with Gasteiger partial charge in [0.25, 0.3) is 5.91 Å². The van der Waals surface area contributed by atoms with E-state index in [1.807, 2.05) is 24.4 Å². The molecule has 1 aromatic carbocycles. The first-order valence-electron chi connectivity index (χ1n) is 6.85. The number of sulfone groups is 1. The molecule has 0 aliphatic carbocycles. The molecular weight excluding hydrogens is 318 g/mol. The summed E-state index contributed by atoms with van der Waals surface area (Å²) >= 11 is 1.62. The Morgan fingerprint density at radius 1 is 1.23 bits per heavy atom. The van der Waals surface area contributed by atoms with E-state index in [-0.39, 0.29) is 17.7 Å². The smallest absolute Gasteiger partial charge is 0.254 e. The molecule has 1 heterocycles. The molecule has 0 aliphatic rings. The molecule has 1 atom stereocenters. The van der Waals surface area contributed by atoms with Crippen LogP contribution in [-0.2, 0) is 15.6 Å². The Morgan fingerprint density at radius 3 is 2.36 bits per heavy atom. The van der Waals surface area contributed by atoms with Crippen molar-refractivity contribution in [3.8, 4) is 0 Å². The Bertz CT molecular complexity index is 734. The van der Waals surface area contributed by atoms with Crippen molar-refractivity contribution in [3.63, 3.8) is 0 Å². The Hall–Kier alpha value is -1.66. The van der Waals surface area contributed by atoms with E-state index in [4.69, 9.17) is 0 Å². The summed E-state index contributed by atoms with van der Waals surface area (Å²) in [6.07, 6.45) is 1.20. The topological polar surface area (TPSA) is 54.5 Å². The van der Waals surface area contributed by atoms with Gasteiger partial charge < -0.3 is 4.90 Å². The number of carbonyl (C=O) groups is 1. The Morgan fingerprint density at radius 2 is 1.86 bits per heavy atom. The van der Waals surface area contributed by atoms with Crippen LogP contribution in [-0.4, -0.2) is 32.5 Å². The predicted molar refractivity (Wildman–Crippen MR) is 89.8 cm³/mol. The third-order valence-corrected chi connectivity index (χ3v) is 5.39. The average molecular weight is 337 g/mol. The Balaban J connectivity index is 2.12. The summed E-state index contributed by atoms with van der Waals surface area (Å²) in [5, 5.41) is 1.99. The molecule has 4 nitrogen and oxygen atoms in total. The number of nitrogens with zero attached hydrogens (tertiary/aromatic N) is 1. The van der Waals surface area contributed by atoms with E-state index in [1.54, 1.807) is 47.5 Å². The summed E-state index contributed by atoms with van der Waals surface area (Å²) in [6.45, 7) is 1.99. The number of hydrogen-bond acceptors (Lipinski definition) is 4. The first-order chi connectivity index (χ1) is 10.3. The molecular formula is C16H19NO3S2. The van der Waals surface area contributed by atoms with Gasteiger partial charge in [-0.2, -0.15) is 0 Å². The number of hydrogen-bond donors (Lipinski definition) is 0. The lowest BCUT2D eigenvalue weighted by Crippen LogP contribution is -2.29. The van der Waals surface area contributed by atoms with Crippen LogP contribution in [0.4, 0.5) is 0 Å². The first kappa shape index (κ1) is 16.7. The number of carbonyl (C=O) groups excluding carboxylic acids is 1. The van der Waals surface area contributed by atoms with E-state index in [1.165, 1.54) is 6.26 Å². The van der Waals surface area contributed by atoms with Gasteiger partial charge in [0.15, 0.2) is 9.84 Å².